The topological polar surface area (TPSA) is 0 Å². The van der Waals surface area contributed by atoms with Crippen LogP contribution in [0.5, 0.6) is 0 Å². The molecule has 0 spiro atoms. The summed E-state index contributed by atoms with van der Waals surface area (Å²) in [6.07, 6.45) is 12.0. The van der Waals surface area contributed by atoms with E-state index in [9.17, 15) is 0 Å². The summed E-state index contributed by atoms with van der Waals surface area (Å²) in [4.78, 5) is 0. The van der Waals surface area contributed by atoms with Crippen LogP contribution in [-0.4, -0.2) is 0 Å². The second-order valence-corrected chi connectivity index (χ2v) is 8.93. The van der Waals surface area contributed by atoms with Gasteiger partial charge in [-0.1, -0.05) is 42.0 Å². The maximum Gasteiger partial charge on any atom is -0.0134 e. The first kappa shape index (κ1) is 12.4. The van der Waals surface area contributed by atoms with Gasteiger partial charge in [-0.25, -0.2) is 0 Å². The zero-order valence-electron chi connectivity index (χ0n) is 13.3. The van der Waals surface area contributed by atoms with Gasteiger partial charge >= 0.3 is 0 Å². The van der Waals surface area contributed by atoms with Gasteiger partial charge in [-0.3, -0.25) is 0 Å². The Labute approximate surface area is 134 Å². The normalized spacial score (nSPS) is 50.5. The second kappa shape index (κ2) is 4.28. The third-order valence-electron chi connectivity index (χ3n) is 8.31. The Morgan fingerprint density at radius 2 is 1.23 bits per heavy atom. The van der Waals surface area contributed by atoms with E-state index >= 15 is 0 Å². The maximum atomic E-state index is 2.64. The average molecular weight is 290 g/mol. The van der Waals surface area contributed by atoms with E-state index in [1.165, 1.54) is 18.4 Å². The number of hydrogen-bond donors (Lipinski definition) is 0. The summed E-state index contributed by atoms with van der Waals surface area (Å²) in [7, 11) is 0. The van der Waals surface area contributed by atoms with Crippen LogP contribution in [-0.2, 0) is 0 Å². The van der Waals surface area contributed by atoms with Gasteiger partial charge in [-0.05, 0) is 91.4 Å². The number of rotatable bonds is 1. The summed E-state index contributed by atoms with van der Waals surface area (Å²) in [6, 6.07) is 11.2. The lowest BCUT2D eigenvalue weighted by atomic mass is 9.72. The highest BCUT2D eigenvalue weighted by Gasteiger charge is 2.65. The van der Waals surface area contributed by atoms with E-state index < -0.39 is 0 Å². The minimum atomic E-state index is 0.984. The Morgan fingerprint density at radius 1 is 0.682 bits per heavy atom. The van der Waals surface area contributed by atoms with Crippen LogP contribution in [0.3, 0.4) is 0 Å². The van der Waals surface area contributed by atoms with Gasteiger partial charge in [0.15, 0.2) is 0 Å². The summed E-state index contributed by atoms with van der Waals surface area (Å²) in [6.45, 7) is 0. The van der Waals surface area contributed by atoms with Gasteiger partial charge in [0.2, 0.25) is 0 Å². The summed E-state index contributed by atoms with van der Waals surface area (Å²) in [5.41, 5.74) is 3.38. The highest BCUT2D eigenvalue weighted by molar-refractivity contribution is 5.56. The van der Waals surface area contributed by atoms with Crippen molar-refractivity contribution in [2.45, 2.75) is 38.5 Å². The number of hydrogen-bond acceptors (Lipinski definition) is 0. The smallest absolute Gasteiger partial charge is 0.0134 e. The largest absolute Gasteiger partial charge is 0.0623 e. The summed E-state index contributed by atoms with van der Waals surface area (Å²) in [5, 5.41) is 0. The Morgan fingerprint density at radius 3 is 1.82 bits per heavy atom. The highest BCUT2D eigenvalue weighted by Crippen LogP contribution is 2.72. The zero-order chi connectivity index (χ0) is 14.3. The number of allylic oxidation sites excluding steroid dienone is 1. The quantitative estimate of drug-likeness (QED) is 0.649. The fourth-order valence-corrected chi connectivity index (χ4v) is 7.92. The fourth-order valence-electron chi connectivity index (χ4n) is 7.92. The van der Waals surface area contributed by atoms with Crippen molar-refractivity contribution in [3.05, 3.63) is 41.5 Å². The van der Waals surface area contributed by atoms with Crippen molar-refractivity contribution in [1.29, 1.82) is 0 Å². The summed E-state index contributed by atoms with van der Waals surface area (Å²) >= 11 is 0. The van der Waals surface area contributed by atoms with Gasteiger partial charge in [0.05, 0.1) is 0 Å². The SMILES string of the molecule is C(=C1[C@@H]2[C@H]3CC[C@H](C3)[C@@H]2[C@H]2[C@@H]3CC[C@@H](C3)[C@@H]12)c1ccccc1. The van der Waals surface area contributed by atoms with E-state index in [0.717, 1.165) is 47.3 Å². The molecule has 5 aliphatic rings. The monoisotopic (exact) mass is 290 g/mol. The maximum absolute atomic E-state index is 2.64. The minimum Gasteiger partial charge on any atom is -0.0623 e. The minimum absolute atomic E-state index is 0.984. The number of benzene rings is 1. The molecule has 0 aromatic heterocycles. The molecule has 5 saturated carbocycles. The molecule has 1 aromatic carbocycles. The molecule has 0 N–H and O–H groups in total. The van der Waals surface area contributed by atoms with Crippen LogP contribution < -0.4 is 0 Å². The van der Waals surface area contributed by atoms with Crippen molar-refractivity contribution >= 4 is 6.08 Å². The predicted molar refractivity (Wildman–Crippen MR) is 90.0 cm³/mol. The molecule has 0 heterocycles. The van der Waals surface area contributed by atoms with Crippen LogP contribution >= 0.6 is 0 Å². The van der Waals surface area contributed by atoms with Crippen molar-refractivity contribution in [2.75, 3.05) is 0 Å². The molecule has 0 nitrogen and oxygen atoms in total. The molecule has 8 atom stereocenters. The average Bonchev–Trinajstić information content (AvgIpc) is 3.33. The molecule has 0 unspecified atom stereocenters. The third-order valence-corrected chi connectivity index (χ3v) is 8.31. The first-order chi connectivity index (χ1) is 10.9. The van der Waals surface area contributed by atoms with Crippen molar-refractivity contribution < 1.29 is 0 Å². The standard InChI is InChI=1S/C22H26/c1-2-4-13(5-3-1)10-18-19-14-6-8-16(11-14)21(19)22-17-9-7-15(12-17)20(18)22/h1-5,10,14-17,19-22H,6-9,11-12H2/t14-,15-,16+,17+,19-,20-,21-,22-/m0/s1. The fraction of sp³-hybridized carbons (Fsp3) is 0.636. The van der Waals surface area contributed by atoms with Gasteiger partial charge in [0.25, 0.3) is 0 Å². The molecule has 0 radical (unpaired) electrons. The summed E-state index contributed by atoms with van der Waals surface area (Å²) < 4.78 is 0. The van der Waals surface area contributed by atoms with Gasteiger partial charge in [0, 0.05) is 0 Å². The van der Waals surface area contributed by atoms with Crippen LogP contribution in [0, 0.1) is 47.3 Å². The van der Waals surface area contributed by atoms with Crippen molar-refractivity contribution in [1.82, 2.24) is 0 Å². The molecule has 4 bridgehead atoms. The Bertz CT molecular complexity index is 593. The van der Waals surface area contributed by atoms with Crippen molar-refractivity contribution in [3.63, 3.8) is 0 Å². The Hall–Kier alpha value is -1.04. The molecule has 0 heteroatoms. The molecular formula is C22H26. The van der Waals surface area contributed by atoms with Gasteiger partial charge < -0.3 is 0 Å². The number of fused-ring (bicyclic) bond motifs is 11. The summed E-state index contributed by atoms with van der Waals surface area (Å²) in [5.74, 6) is 8.45. The lowest BCUT2D eigenvalue weighted by Crippen LogP contribution is -2.27. The lowest BCUT2D eigenvalue weighted by Gasteiger charge is -2.32. The molecule has 1 aromatic rings. The van der Waals surface area contributed by atoms with E-state index in [0.29, 0.717) is 0 Å². The zero-order valence-corrected chi connectivity index (χ0v) is 13.3. The van der Waals surface area contributed by atoms with Crippen LogP contribution in [0.25, 0.3) is 6.08 Å². The molecule has 114 valence electrons. The van der Waals surface area contributed by atoms with Gasteiger partial charge in [-0.2, -0.15) is 0 Å². The van der Waals surface area contributed by atoms with Crippen molar-refractivity contribution in [3.8, 4) is 0 Å². The molecular weight excluding hydrogens is 264 g/mol. The van der Waals surface area contributed by atoms with Crippen LogP contribution in [0.2, 0.25) is 0 Å². The van der Waals surface area contributed by atoms with E-state index in [-0.39, 0.29) is 0 Å². The highest BCUT2D eigenvalue weighted by atomic mass is 14.7. The van der Waals surface area contributed by atoms with E-state index in [4.69, 9.17) is 0 Å². The molecule has 6 rings (SSSR count). The van der Waals surface area contributed by atoms with E-state index in [2.05, 4.69) is 36.4 Å². The molecule has 5 fully saturated rings. The van der Waals surface area contributed by atoms with Crippen LogP contribution in [0.4, 0.5) is 0 Å². The Balaban J connectivity index is 1.48. The van der Waals surface area contributed by atoms with Gasteiger partial charge in [0.1, 0.15) is 0 Å². The van der Waals surface area contributed by atoms with Crippen molar-refractivity contribution in [2.24, 2.45) is 47.3 Å². The third kappa shape index (κ3) is 1.45. The first-order valence-corrected chi connectivity index (χ1v) is 9.66. The second-order valence-electron chi connectivity index (χ2n) is 8.93. The Kier molecular flexibility index (Phi) is 2.41. The lowest BCUT2D eigenvalue weighted by molar-refractivity contribution is 0.153. The molecule has 0 amide bonds. The predicted octanol–water partition coefficient (Wildman–Crippen LogP) is 5.41. The van der Waals surface area contributed by atoms with E-state index in [1.807, 2.05) is 5.57 Å². The molecule has 22 heavy (non-hydrogen) atoms. The molecule has 0 aliphatic heterocycles. The van der Waals surface area contributed by atoms with Crippen LogP contribution in [0.15, 0.2) is 35.9 Å². The van der Waals surface area contributed by atoms with Gasteiger partial charge in [-0.15, -0.1) is 0 Å². The van der Waals surface area contributed by atoms with E-state index in [1.54, 1.807) is 25.7 Å². The molecule has 5 aliphatic carbocycles. The van der Waals surface area contributed by atoms with Crippen LogP contribution in [0.1, 0.15) is 44.1 Å². The molecule has 0 saturated heterocycles. The first-order valence-electron chi connectivity index (χ1n) is 9.66.